The highest BCUT2D eigenvalue weighted by Gasteiger charge is 2.17. The molecular formula is C64H53N3. The molecule has 0 atom stereocenters. The summed E-state index contributed by atoms with van der Waals surface area (Å²) < 4.78 is 0. The van der Waals surface area contributed by atoms with Crippen LogP contribution in [0.1, 0.15) is 22.3 Å². The molecule has 0 unspecified atom stereocenters. The highest BCUT2D eigenvalue weighted by Crippen LogP contribution is 2.41. The van der Waals surface area contributed by atoms with Crippen LogP contribution in [0.25, 0.3) is 33.4 Å². The summed E-state index contributed by atoms with van der Waals surface area (Å²) >= 11 is 0. The van der Waals surface area contributed by atoms with Gasteiger partial charge in [0.25, 0.3) is 0 Å². The van der Waals surface area contributed by atoms with Crippen molar-refractivity contribution < 1.29 is 0 Å². The van der Waals surface area contributed by atoms with E-state index in [1.54, 1.807) is 0 Å². The van der Waals surface area contributed by atoms with E-state index in [4.69, 9.17) is 0 Å². The number of hydrogen-bond acceptors (Lipinski definition) is 3. The third-order valence-corrected chi connectivity index (χ3v) is 12.4. The van der Waals surface area contributed by atoms with Crippen molar-refractivity contribution in [3.63, 3.8) is 0 Å². The second kappa shape index (κ2) is 19.0. The van der Waals surface area contributed by atoms with Crippen LogP contribution in [0, 0.1) is 27.7 Å². The average molecular weight is 864 g/mol. The fourth-order valence-corrected chi connectivity index (χ4v) is 9.06. The molecule has 3 heteroatoms. The van der Waals surface area contributed by atoms with Crippen LogP contribution in [0.4, 0.5) is 51.2 Å². The van der Waals surface area contributed by atoms with Gasteiger partial charge in [-0.25, -0.2) is 0 Å². The van der Waals surface area contributed by atoms with Crippen molar-refractivity contribution in [1.82, 2.24) is 0 Å². The predicted molar refractivity (Wildman–Crippen MR) is 286 cm³/mol. The molecule has 10 rings (SSSR count). The topological polar surface area (TPSA) is 9.72 Å². The van der Waals surface area contributed by atoms with Crippen molar-refractivity contribution in [3.05, 3.63) is 271 Å². The molecule has 0 aromatic heterocycles. The van der Waals surface area contributed by atoms with Gasteiger partial charge in [0.2, 0.25) is 0 Å². The van der Waals surface area contributed by atoms with Gasteiger partial charge in [0, 0.05) is 51.2 Å². The SMILES string of the molecule is Cc1cccc(N(c2ccc(-c3ccc(N(c4ccc(-c5ccccc5)cc4)c4ccc(-c5ccc(N(c6cccc(C)c6)c6cccc(C)c6)cc5)cc4)cc3)cc2)c2cccc(C)c2)c1. The Bertz CT molecular complexity index is 2970. The van der Waals surface area contributed by atoms with Crippen LogP contribution in [0.5, 0.6) is 0 Å². The lowest BCUT2D eigenvalue weighted by molar-refractivity contribution is 1.26. The molecule has 67 heavy (non-hydrogen) atoms. The molecular weight excluding hydrogens is 811 g/mol. The maximum atomic E-state index is 2.34. The fourth-order valence-electron chi connectivity index (χ4n) is 9.06. The lowest BCUT2D eigenvalue weighted by atomic mass is 10.0. The minimum Gasteiger partial charge on any atom is -0.311 e. The second-order valence-electron chi connectivity index (χ2n) is 17.5. The first-order chi connectivity index (χ1) is 32.8. The second-order valence-corrected chi connectivity index (χ2v) is 17.5. The Balaban J connectivity index is 0.951. The zero-order chi connectivity index (χ0) is 45.7. The summed E-state index contributed by atoms with van der Waals surface area (Å²) in [5, 5.41) is 0. The Morgan fingerprint density at radius 2 is 0.388 bits per heavy atom. The van der Waals surface area contributed by atoms with Gasteiger partial charge in [0.15, 0.2) is 0 Å². The van der Waals surface area contributed by atoms with Crippen molar-refractivity contribution in [2.75, 3.05) is 14.7 Å². The van der Waals surface area contributed by atoms with Gasteiger partial charge in [-0.05, 0) is 193 Å². The van der Waals surface area contributed by atoms with Crippen LogP contribution in [0.3, 0.4) is 0 Å². The molecule has 10 aromatic carbocycles. The van der Waals surface area contributed by atoms with Crippen LogP contribution in [-0.2, 0) is 0 Å². The number of benzene rings is 10. The van der Waals surface area contributed by atoms with E-state index in [2.05, 4.69) is 291 Å². The maximum Gasteiger partial charge on any atom is 0.0464 e. The Kier molecular flexibility index (Phi) is 12.1. The Morgan fingerprint density at radius 3 is 0.612 bits per heavy atom. The van der Waals surface area contributed by atoms with Crippen LogP contribution >= 0.6 is 0 Å². The molecule has 0 spiro atoms. The normalized spacial score (nSPS) is 11.0. The van der Waals surface area contributed by atoms with Crippen LogP contribution in [0.2, 0.25) is 0 Å². The number of hydrogen-bond donors (Lipinski definition) is 0. The zero-order valence-corrected chi connectivity index (χ0v) is 38.5. The lowest BCUT2D eigenvalue weighted by Gasteiger charge is -2.27. The predicted octanol–water partition coefficient (Wildman–Crippen LogP) is 18.3. The molecule has 10 aromatic rings. The van der Waals surface area contributed by atoms with Gasteiger partial charge in [-0.15, -0.1) is 0 Å². The van der Waals surface area contributed by atoms with Crippen molar-refractivity contribution in [3.8, 4) is 33.4 Å². The molecule has 0 saturated carbocycles. The third kappa shape index (κ3) is 9.40. The minimum atomic E-state index is 1.09. The molecule has 0 N–H and O–H groups in total. The van der Waals surface area contributed by atoms with E-state index in [1.165, 1.54) is 44.5 Å². The Morgan fingerprint density at radius 1 is 0.179 bits per heavy atom. The third-order valence-electron chi connectivity index (χ3n) is 12.4. The van der Waals surface area contributed by atoms with Gasteiger partial charge >= 0.3 is 0 Å². The first-order valence-electron chi connectivity index (χ1n) is 23.1. The van der Waals surface area contributed by atoms with E-state index in [1.807, 2.05) is 0 Å². The van der Waals surface area contributed by atoms with E-state index < -0.39 is 0 Å². The van der Waals surface area contributed by atoms with Crippen molar-refractivity contribution in [1.29, 1.82) is 0 Å². The van der Waals surface area contributed by atoms with E-state index in [-0.39, 0.29) is 0 Å². The summed E-state index contributed by atoms with van der Waals surface area (Å²) in [6, 6.07) is 90.0. The minimum absolute atomic E-state index is 1.09. The summed E-state index contributed by atoms with van der Waals surface area (Å²) in [7, 11) is 0. The standard InChI is InChI=1S/C64H53N3/c1-46-12-8-18-61(42-46)66(62-19-9-13-47(2)43-62)59-38-28-54(29-39-59)52-24-34-57(35-25-52)65(56-32-22-51(23-33-56)50-16-6-5-7-17-50)58-36-26-53(27-37-58)55-30-40-60(41-31-55)67(63-20-10-14-48(3)44-63)64-21-11-15-49(4)45-64/h5-45H,1-4H3. The van der Waals surface area contributed by atoms with E-state index >= 15 is 0 Å². The summed E-state index contributed by atoms with van der Waals surface area (Å²) in [6.45, 7) is 8.59. The van der Waals surface area contributed by atoms with Gasteiger partial charge in [-0.1, -0.05) is 140 Å². The van der Waals surface area contributed by atoms with Crippen molar-refractivity contribution >= 4 is 51.2 Å². The quantitative estimate of drug-likeness (QED) is 0.121. The lowest BCUT2D eigenvalue weighted by Crippen LogP contribution is -2.10. The summed E-state index contributed by atoms with van der Waals surface area (Å²) in [5.41, 5.74) is 22.0. The number of rotatable bonds is 12. The molecule has 0 aliphatic carbocycles. The Labute approximate surface area is 396 Å². The van der Waals surface area contributed by atoms with Crippen LogP contribution < -0.4 is 14.7 Å². The van der Waals surface area contributed by atoms with Gasteiger partial charge in [-0.2, -0.15) is 0 Å². The van der Waals surface area contributed by atoms with Gasteiger partial charge < -0.3 is 14.7 Å². The number of aryl methyl sites for hydroxylation is 4. The summed E-state index contributed by atoms with van der Waals surface area (Å²) in [6.07, 6.45) is 0. The van der Waals surface area contributed by atoms with Crippen LogP contribution in [-0.4, -0.2) is 0 Å². The Hall–Kier alpha value is -8.40. The molecule has 0 fully saturated rings. The van der Waals surface area contributed by atoms with Gasteiger partial charge in [0.05, 0.1) is 0 Å². The van der Waals surface area contributed by atoms with Crippen LogP contribution in [0.15, 0.2) is 249 Å². The van der Waals surface area contributed by atoms with E-state index in [0.29, 0.717) is 0 Å². The molecule has 324 valence electrons. The van der Waals surface area contributed by atoms with Crippen molar-refractivity contribution in [2.45, 2.75) is 27.7 Å². The highest BCUT2D eigenvalue weighted by atomic mass is 15.2. The molecule has 0 bridgehead atoms. The summed E-state index contributed by atoms with van der Waals surface area (Å²) in [4.78, 5) is 7.01. The monoisotopic (exact) mass is 863 g/mol. The number of anilines is 9. The first-order valence-corrected chi connectivity index (χ1v) is 23.1. The molecule has 0 aliphatic rings. The molecule has 0 heterocycles. The maximum absolute atomic E-state index is 2.34. The largest absolute Gasteiger partial charge is 0.311 e. The number of nitrogens with zero attached hydrogens (tertiary/aromatic N) is 3. The molecule has 3 nitrogen and oxygen atoms in total. The smallest absolute Gasteiger partial charge is 0.0464 e. The fraction of sp³-hybridized carbons (Fsp3) is 0.0625. The van der Waals surface area contributed by atoms with Crippen molar-refractivity contribution in [2.24, 2.45) is 0 Å². The van der Waals surface area contributed by atoms with Gasteiger partial charge in [0.1, 0.15) is 0 Å². The summed E-state index contributed by atoms with van der Waals surface area (Å²) in [5.74, 6) is 0. The zero-order valence-electron chi connectivity index (χ0n) is 38.5. The first kappa shape index (κ1) is 42.5. The van der Waals surface area contributed by atoms with E-state index in [9.17, 15) is 0 Å². The van der Waals surface area contributed by atoms with Gasteiger partial charge in [-0.3, -0.25) is 0 Å². The average Bonchev–Trinajstić information content (AvgIpc) is 3.36. The van der Waals surface area contributed by atoms with E-state index in [0.717, 1.165) is 62.3 Å². The highest BCUT2D eigenvalue weighted by molar-refractivity contribution is 5.84. The molecule has 0 saturated heterocycles. The molecule has 0 aliphatic heterocycles. The molecule has 0 amide bonds. The molecule has 0 radical (unpaired) electrons.